The quantitative estimate of drug-likeness (QED) is 0.815. The van der Waals surface area contributed by atoms with Crippen molar-refractivity contribution in [1.29, 1.82) is 0 Å². The largest absolute Gasteiger partial charge is 0.372 e. The zero-order valence-electron chi connectivity index (χ0n) is 11.8. The molecular formula is C15H28N2O. The first-order valence-electron chi connectivity index (χ1n) is 7.75. The lowest BCUT2D eigenvalue weighted by molar-refractivity contribution is -0.0485. The molecule has 2 aliphatic heterocycles. The van der Waals surface area contributed by atoms with Gasteiger partial charge in [-0.3, -0.25) is 4.90 Å². The number of hydrogen-bond donors (Lipinski definition) is 1. The second kappa shape index (κ2) is 5.10. The zero-order chi connectivity index (χ0) is 12.7. The molecule has 0 amide bonds. The Kier molecular flexibility index (Phi) is 3.65. The van der Waals surface area contributed by atoms with E-state index in [-0.39, 0.29) is 0 Å². The van der Waals surface area contributed by atoms with Crippen LogP contribution in [0.25, 0.3) is 0 Å². The number of rotatable bonds is 2. The van der Waals surface area contributed by atoms with Crippen LogP contribution in [0.4, 0.5) is 0 Å². The maximum Gasteiger partial charge on any atom is 0.0707 e. The summed E-state index contributed by atoms with van der Waals surface area (Å²) in [7, 11) is 0. The molecule has 3 aliphatic rings. The Labute approximate surface area is 111 Å². The van der Waals surface area contributed by atoms with Gasteiger partial charge in [-0.1, -0.05) is 13.8 Å². The molecule has 2 heterocycles. The van der Waals surface area contributed by atoms with Gasteiger partial charge in [0.25, 0.3) is 0 Å². The molecule has 1 saturated carbocycles. The maximum atomic E-state index is 6.40. The van der Waals surface area contributed by atoms with Gasteiger partial charge in [0.1, 0.15) is 0 Å². The Morgan fingerprint density at radius 1 is 1.11 bits per heavy atom. The fourth-order valence-corrected chi connectivity index (χ4v) is 4.43. The van der Waals surface area contributed by atoms with Crippen LogP contribution in [-0.2, 0) is 4.74 Å². The standard InChI is InChI=1S/C15H28N2O/c1-10-5-11(2)14(15(16)6-10)9-17-7-12-3-4-13(8-17)18-12/h10-15H,3-9,16H2,1-2H3. The Morgan fingerprint density at radius 2 is 1.78 bits per heavy atom. The van der Waals surface area contributed by atoms with Crippen molar-refractivity contribution in [3.05, 3.63) is 0 Å². The van der Waals surface area contributed by atoms with Crippen molar-refractivity contribution >= 4 is 0 Å². The topological polar surface area (TPSA) is 38.5 Å². The smallest absolute Gasteiger partial charge is 0.0707 e. The summed E-state index contributed by atoms with van der Waals surface area (Å²) in [5.41, 5.74) is 6.40. The van der Waals surface area contributed by atoms with E-state index in [1.807, 2.05) is 0 Å². The predicted molar refractivity (Wildman–Crippen MR) is 73.4 cm³/mol. The van der Waals surface area contributed by atoms with Gasteiger partial charge in [0.2, 0.25) is 0 Å². The lowest BCUT2D eigenvalue weighted by Crippen LogP contribution is -2.50. The minimum absolute atomic E-state index is 0.407. The summed E-state index contributed by atoms with van der Waals surface area (Å²) in [6.45, 7) is 8.23. The highest BCUT2D eigenvalue weighted by Crippen LogP contribution is 2.34. The number of hydrogen-bond acceptors (Lipinski definition) is 3. The molecule has 2 bridgehead atoms. The van der Waals surface area contributed by atoms with Crippen LogP contribution in [0.5, 0.6) is 0 Å². The van der Waals surface area contributed by atoms with Crippen molar-refractivity contribution in [2.75, 3.05) is 19.6 Å². The van der Waals surface area contributed by atoms with Crippen molar-refractivity contribution in [1.82, 2.24) is 4.90 Å². The Balaban J connectivity index is 1.58. The van der Waals surface area contributed by atoms with E-state index in [0.29, 0.717) is 24.2 Å². The molecule has 0 aromatic rings. The van der Waals surface area contributed by atoms with Gasteiger partial charge in [0.05, 0.1) is 12.2 Å². The molecule has 3 fully saturated rings. The molecule has 1 aliphatic carbocycles. The third-order valence-corrected chi connectivity index (χ3v) is 5.32. The van der Waals surface area contributed by atoms with Crippen LogP contribution in [0.3, 0.4) is 0 Å². The van der Waals surface area contributed by atoms with Crippen LogP contribution in [0.15, 0.2) is 0 Å². The molecule has 0 spiro atoms. The minimum Gasteiger partial charge on any atom is -0.372 e. The van der Waals surface area contributed by atoms with Gasteiger partial charge in [-0.2, -0.15) is 0 Å². The van der Waals surface area contributed by atoms with E-state index in [4.69, 9.17) is 10.5 Å². The van der Waals surface area contributed by atoms with Crippen LogP contribution in [0.2, 0.25) is 0 Å². The third kappa shape index (κ3) is 2.59. The third-order valence-electron chi connectivity index (χ3n) is 5.32. The summed E-state index contributed by atoms with van der Waals surface area (Å²) < 4.78 is 5.91. The molecular weight excluding hydrogens is 224 g/mol. The summed E-state index contributed by atoms with van der Waals surface area (Å²) in [4.78, 5) is 2.63. The van der Waals surface area contributed by atoms with E-state index in [9.17, 15) is 0 Å². The van der Waals surface area contributed by atoms with Crippen molar-refractivity contribution < 1.29 is 4.74 Å². The summed E-state index contributed by atoms with van der Waals surface area (Å²) >= 11 is 0. The number of nitrogens with two attached hydrogens (primary N) is 1. The highest BCUT2D eigenvalue weighted by Gasteiger charge is 2.37. The molecule has 2 N–H and O–H groups in total. The van der Waals surface area contributed by atoms with Gasteiger partial charge in [-0.15, -0.1) is 0 Å². The summed E-state index contributed by atoms with van der Waals surface area (Å²) in [5, 5.41) is 0. The summed E-state index contributed by atoms with van der Waals surface area (Å²) in [6, 6.07) is 0.407. The van der Waals surface area contributed by atoms with Gasteiger partial charge >= 0.3 is 0 Å². The van der Waals surface area contributed by atoms with Gasteiger partial charge in [-0.05, 0) is 43.4 Å². The predicted octanol–water partition coefficient (Wildman–Crippen LogP) is 1.86. The molecule has 0 radical (unpaired) electrons. The fourth-order valence-electron chi connectivity index (χ4n) is 4.43. The molecule has 0 aromatic carbocycles. The van der Waals surface area contributed by atoms with E-state index in [2.05, 4.69) is 18.7 Å². The van der Waals surface area contributed by atoms with Crippen molar-refractivity contribution in [2.45, 2.75) is 57.8 Å². The van der Waals surface area contributed by atoms with E-state index in [0.717, 1.165) is 24.9 Å². The van der Waals surface area contributed by atoms with Crippen LogP contribution < -0.4 is 5.73 Å². The summed E-state index contributed by atoms with van der Waals surface area (Å²) in [6.07, 6.45) is 6.13. The van der Waals surface area contributed by atoms with E-state index in [1.54, 1.807) is 0 Å². The first-order valence-corrected chi connectivity index (χ1v) is 7.75. The first kappa shape index (κ1) is 12.9. The zero-order valence-corrected chi connectivity index (χ0v) is 11.8. The first-order chi connectivity index (χ1) is 8.61. The molecule has 6 atom stereocenters. The van der Waals surface area contributed by atoms with E-state index in [1.165, 1.54) is 32.2 Å². The molecule has 104 valence electrons. The van der Waals surface area contributed by atoms with Gasteiger partial charge in [0.15, 0.2) is 0 Å². The highest BCUT2D eigenvalue weighted by atomic mass is 16.5. The van der Waals surface area contributed by atoms with Crippen molar-refractivity contribution in [3.63, 3.8) is 0 Å². The molecule has 3 rings (SSSR count). The Hall–Kier alpha value is -0.120. The summed E-state index contributed by atoms with van der Waals surface area (Å²) in [5.74, 6) is 2.29. The lowest BCUT2D eigenvalue weighted by Gasteiger charge is -2.42. The monoisotopic (exact) mass is 252 g/mol. The SMILES string of the molecule is CC1CC(C)C(CN2CC3CCC(C2)O3)C(N)C1. The minimum atomic E-state index is 0.407. The average Bonchev–Trinajstić information content (AvgIpc) is 2.63. The average molecular weight is 252 g/mol. The number of likely N-dealkylation sites (tertiary alicyclic amines) is 1. The molecule has 3 nitrogen and oxygen atoms in total. The number of nitrogens with zero attached hydrogens (tertiary/aromatic N) is 1. The van der Waals surface area contributed by atoms with Crippen LogP contribution in [-0.4, -0.2) is 42.8 Å². The molecule has 2 saturated heterocycles. The van der Waals surface area contributed by atoms with Gasteiger partial charge in [-0.25, -0.2) is 0 Å². The number of fused-ring (bicyclic) bond motifs is 2. The van der Waals surface area contributed by atoms with E-state index >= 15 is 0 Å². The van der Waals surface area contributed by atoms with Crippen molar-refractivity contribution in [3.8, 4) is 0 Å². The maximum absolute atomic E-state index is 6.40. The Morgan fingerprint density at radius 3 is 2.39 bits per heavy atom. The fraction of sp³-hybridized carbons (Fsp3) is 1.00. The second-order valence-corrected chi connectivity index (χ2v) is 7.06. The van der Waals surface area contributed by atoms with Crippen LogP contribution in [0, 0.1) is 17.8 Å². The molecule has 3 heteroatoms. The normalized spacial score (nSPS) is 49.5. The molecule has 6 unspecified atom stereocenters. The molecule has 0 aromatic heterocycles. The van der Waals surface area contributed by atoms with Crippen LogP contribution >= 0.6 is 0 Å². The molecule has 18 heavy (non-hydrogen) atoms. The lowest BCUT2D eigenvalue weighted by atomic mass is 9.72. The highest BCUT2D eigenvalue weighted by molar-refractivity contribution is 4.91. The number of morpholine rings is 1. The van der Waals surface area contributed by atoms with Gasteiger partial charge < -0.3 is 10.5 Å². The Bertz CT molecular complexity index is 272. The van der Waals surface area contributed by atoms with E-state index < -0.39 is 0 Å². The van der Waals surface area contributed by atoms with Crippen molar-refractivity contribution in [2.24, 2.45) is 23.5 Å². The second-order valence-electron chi connectivity index (χ2n) is 7.06. The van der Waals surface area contributed by atoms with Gasteiger partial charge in [0, 0.05) is 25.7 Å². The van der Waals surface area contributed by atoms with Crippen LogP contribution in [0.1, 0.15) is 39.5 Å². The number of ether oxygens (including phenoxy) is 1.